The van der Waals surface area contributed by atoms with E-state index in [1.165, 1.54) is 13.8 Å². The van der Waals surface area contributed by atoms with E-state index in [-0.39, 0.29) is 11.7 Å². The van der Waals surface area contributed by atoms with Crippen molar-refractivity contribution in [3.63, 3.8) is 0 Å². The summed E-state index contributed by atoms with van der Waals surface area (Å²) >= 11 is 0. The summed E-state index contributed by atoms with van der Waals surface area (Å²) in [6.07, 6.45) is 1.35. The van der Waals surface area contributed by atoms with Crippen molar-refractivity contribution in [3.8, 4) is 0 Å². The Labute approximate surface area is 71.3 Å². The SMILES string of the molecule is CC(=O)CC[C@@H](C=O)NC(C)=O. The van der Waals surface area contributed by atoms with E-state index in [9.17, 15) is 14.4 Å². The van der Waals surface area contributed by atoms with Crippen LogP contribution in [-0.4, -0.2) is 24.0 Å². The predicted octanol–water partition coefficient (Wildman–Crippen LogP) is 0.0592. The summed E-state index contributed by atoms with van der Waals surface area (Å²) in [6.45, 7) is 2.79. The van der Waals surface area contributed by atoms with Gasteiger partial charge in [0.15, 0.2) is 0 Å². The number of ketones is 1. The van der Waals surface area contributed by atoms with Gasteiger partial charge in [-0.1, -0.05) is 0 Å². The smallest absolute Gasteiger partial charge is 0.217 e. The van der Waals surface area contributed by atoms with Crippen molar-refractivity contribution in [3.05, 3.63) is 0 Å². The third kappa shape index (κ3) is 5.58. The molecule has 0 aromatic carbocycles. The molecule has 0 unspecified atom stereocenters. The fourth-order valence-corrected chi connectivity index (χ4v) is 0.794. The number of hydrogen-bond acceptors (Lipinski definition) is 3. The molecule has 1 atom stereocenters. The highest BCUT2D eigenvalue weighted by atomic mass is 16.2. The summed E-state index contributed by atoms with van der Waals surface area (Å²) in [4.78, 5) is 31.4. The summed E-state index contributed by atoms with van der Waals surface area (Å²) in [7, 11) is 0. The predicted molar refractivity (Wildman–Crippen MR) is 43.6 cm³/mol. The minimum atomic E-state index is -0.522. The fourth-order valence-electron chi connectivity index (χ4n) is 0.794. The first-order chi connectivity index (χ1) is 5.56. The van der Waals surface area contributed by atoms with Gasteiger partial charge in [0.2, 0.25) is 5.91 Å². The zero-order chi connectivity index (χ0) is 9.56. The van der Waals surface area contributed by atoms with Gasteiger partial charge in [0, 0.05) is 13.3 Å². The van der Waals surface area contributed by atoms with E-state index in [4.69, 9.17) is 0 Å². The maximum Gasteiger partial charge on any atom is 0.217 e. The normalized spacial score (nSPS) is 11.8. The van der Waals surface area contributed by atoms with Crippen molar-refractivity contribution in [2.24, 2.45) is 0 Å². The van der Waals surface area contributed by atoms with Gasteiger partial charge in [-0.25, -0.2) is 0 Å². The number of amides is 1. The first-order valence-corrected chi connectivity index (χ1v) is 3.78. The second-order valence-corrected chi connectivity index (χ2v) is 2.68. The molecule has 0 aliphatic rings. The van der Waals surface area contributed by atoms with Gasteiger partial charge in [0.1, 0.15) is 12.1 Å². The number of carbonyl (C=O) groups excluding carboxylic acids is 3. The summed E-state index contributed by atoms with van der Waals surface area (Å²) in [6, 6.07) is -0.522. The Morgan fingerprint density at radius 3 is 2.33 bits per heavy atom. The molecule has 68 valence electrons. The maximum atomic E-state index is 10.5. The molecule has 4 nitrogen and oxygen atoms in total. The molecule has 0 saturated carbocycles. The van der Waals surface area contributed by atoms with Gasteiger partial charge in [-0.05, 0) is 13.3 Å². The monoisotopic (exact) mass is 171 g/mol. The molecule has 0 bridgehead atoms. The lowest BCUT2D eigenvalue weighted by Crippen LogP contribution is -2.34. The van der Waals surface area contributed by atoms with Crippen LogP contribution >= 0.6 is 0 Å². The molecular formula is C8H13NO3. The highest BCUT2D eigenvalue weighted by Crippen LogP contribution is 1.95. The van der Waals surface area contributed by atoms with Crippen molar-refractivity contribution in [1.82, 2.24) is 5.32 Å². The summed E-state index contributed by atoms with van der Waals surface area (Å²) in [5.41, 5.74) is 0. The largest absolute Gasteiger partial charge is 0.347 e. The zero-order valence-corrected chi connectivity index (χ0v) is 7.29. The molecule has 0 aromatic heterocycles. The van der Waals surface area contributed by atoms with Crippen LogP contribution in [0.25, 0.3) is 0 Å². The van der Waals surface area contributed by atoms with Crippen LogP contribution in [0.2, 0.25) is 0 Å². The Morgan fingerprint density at radius 1 is 1.42 bits per heavy atom. The first-order valence-electron chi connectivity index (χ1n) is 3.78. The maximum absolute atomic E-state index is 10.5. The number of nitrogens with one attached hydrogen (secondary N) is 1. The number of carbonyl (C=O) groups is 3. The lowest BCUT2D eigenvalue weighted by atomic mass is 10.1. The Bertz CT molecular complexity index is 189. The number of aldehydes is 1. The summed E-state index contributed by atoms with van der Waals surface area (Å²) < 4.78 is 0. The van der Waals surface area contributed by atoms with E-state index in [0.29, 0.717) is 19.1 Å². The van der Waals surface area contributed by atoms with Crippen molar-refractivity contribution in [1.29, 1.82) is 0 Å². The molecule has 0 fully saturated rings. The van der Waals surface area contributed by atoms with Crippen LogP contribution in [0.5, 0.6) is 0 Å². The minimum absolute atomic E-state index is 0.0206. The van der Waals surface area contributed by atoms with Crippen LogP contribution < -0.4 is 5.32 Å². The van der Waals surface area contributed by atoms with Gasteiger partial charge in [-0.2, -0.15) is 0 Å². The number of rotatable bonds is 5. The topological polar surface area (TPSA) is 63.2 Å². The third-order valence-electron chi connectivity index (χ3n) is 1.36. The molecule has 0 aromatic rings. The van der Waals surface area contributed by atoms with Crippen LogP contribution in [0, 0.1) is 0 Å². The van der Waals surface area contributed by atoms with Crippen LogP contribution in [0.3, 0.4) is 0 Å². The molecule has 0 spiro atoms. The van der Waals surface area contributed by atoms with Gasteiger partial charge in [0.25, 0.3) is 0 Å². The molecule has 1 N–H and O–H groups in total. The van der Waals surface area contributed by atoms with Crippen molar-refractivity contribution >= 4 is 18.0 Å². The van der Waals surface area contributed by atoms with Crippen molar-refractivity contribution in [2.75, 3.05) is 0 Å². The first kappa shape index (κ1) is 10.8. The van der Waals surface area contributed by atoms with Gasteiger partial charge in [-0.3, -0.25) is 4.79 Å². The Kier molecular flexibility index (Phi) is 4.92. The standard InChI is InChI=1S/C8H13NO3/c1-6(11)3-4-8(5-10)9-7(2)12/h5,8H,3-4H2,1-2H3,(H,9,12)/t8-/m0/s1. The van der Waals surface area contributed by atoms with Gasteiger partial charge < -0.3 is 14.9 Å². The van der Waals surface area contributed by atoms with Gasteiger partial charge >= 0.3 is 0 Å². The van der Waals surface area contributed by atoms with Gasteiger partial charge in [0.05, 0.1) is 6.04 Å². The Balaban J connectivity index is 3.75. The summed E-state index contributed by atoms with van der Waals surface area (Å²) in [5, 5.41) is 2.43. The molecule has 1 amide bonds. The Hall–Kier alpha value is -1.19. The van der Waals surface area contributed by atoms with Crippen molar-refractivity contribution in [2.45, 2.75) is 32.7 Å². The second kappa shape index (κ2) is 5.46. The Morgan fingerprint density at radius 2 is 2.00 bits per heavy atom. The van der Waals surface area contributed by atoms with Crippen LogP contribution in [0.15, 0.2) is 0 Å². The molecule has 0 saturated heterocycles. The molecule has 0 heterocycles. The molecule has 4 heteroatoms. The third-order valence-corrected chi connectivity index (χ3v) is 1.36. The van der Waals surface area contributed by atoms with E-state index in [1.807, 2.05) is 0 Å². The van der Waals surface area contributed by atoms with E-state index in [2.05, 4.69) is 5.32 Å². The molecule has 0 aliphatic heterocycles. The summed E-state index contributed by atoms with van der Waals surface area (Å²) in [5.74, 6) is -0.233. The van der Waals surface area contributed by atoms with E-state index in [0.717, 1.165) is 0 Å². The number of Topliss-reactive ketones (excluding diaryl/α,β-unsaturated/α-hetero) is 1. The fraction of sp³-hybridized carbons (Fsp3) is 0.625. The lowest BCUT2D eigenvalue weighted by Gasteiger charge is -2.08. The van der Waals surface area contributed by atoms with Crippen LogP contribution in [-0.2, 0) is 14.4 Å². The van der Waals surface area contributed by atoms with E-state index < -0.39 is 6.04 Å². The van der Waals surface area contributed by atoms with Crippen LogP contribution in [0.4, 0.5) is 0 Å². The van der Waals surface area contributed by atoms with Crippen molar-refractivity contribution < 1.29 is 14.4 Å². The molecule has 0 rings (SSSR count). The molecular weight excluding hydrogens is 158 g/mol. The molecule has 0 aliphatic carbocycles. The second-order valence-electron chi connectivity index (χ2n) is 2.68. The molecule has 0 radical (unpaired) electrons. The average molecular weight is 171 g/mol. The number of hydrogen-bond donors (Lipinski definition) is 1. The van der Waals surface area contributed by atoms with Gasteiger partial charge in [-0.15, -0.1) is 0 Å². The molecule has 12 heavy (non-hydrogen) atoms. The van der Waals surface area contributed by atoms with E-state index >= 15 is 0 Å². The average Bonchev–Trinajstić information content (AvgIpc) is 1.97. The highest BCUT2D eigenvalue weighted by Gasteiger charge is 2.08. The zero-order valence-electron chi connectivity index (χ0n) is 7.29. The minimum Gasteiger partial charge on any atom is -0.347 e. The van der Waals surface area contributed by atoms with Crippen LogP contribution in [0.1, 0.15) is 26.7 Å². The highest BCUT2D eigenvalue weighted by molar-refractivity contribution is 5.79. The lowest BCUT2D eigenvalue weighted by molar-refractivity contribution is -0.123. The quantitative estimate of drug-likeness (QED) is 0.595. The van der Waals surface area contributed by atoms with E-state index in [1.54, 1.807) is 0 Å².